The first kappa shape index (κ1) is 17.9. The van der Waals surface area contributed by atoms with Crippen molar-refractivity contribution in [1.82, 2.24) is 4.31 Å². The van der Waals surface area contributed by atoms with Crippen LogP contribution in [-0.2, 0) is 14.8 Å². The lowest BCUT2D eigenvalue weighted by Gasteiger charge is -2.16. The van der Waals surface area contributed by atoms with Crippen molar-refractivity contribution >= 4 is 37.5 Å². The topological polar surface area (TPSA) is 75.7 Å². The molecule has 1 aromatic carbocycles. The van der Waals surface area contributed by atoms with Crippen molar-refractivity contribution < 1.29 is 17.9 Å². The van der Waals surface area contributed by atoms with E-state index in [1.54, 1.807) is 0 Å². The standard InChI is InChI=1S/C13H19BrN2O4S/c1-5-10(14)13(17)15-11-8-9(6-7-12(11)20-4)21(18,19)16(2)3/h6-8,10H,5H2,1-4H3,(H,15,17). The molecule has 0 radical (unpaired) electrons. The predicted molar refractivity (Wildman–Crippen MR) is 85.5 cm³/mol. The number of carbonyl (C=O) groups excluding carboxylic acids is 1. The molecule has 0 aliphatic heterocycles. The van der Waals surface area contributed by atoms with Crippen LogP contribution in [0.2, 0.25) is 0 Å². The summed E-state index contributed by atoms with van der Waals surface area (Å²) in [5, 5.41) is 2.67. The van der Waals surface area contributed by atoms with Gasteiger partial charge in [-0.2, -0.15) is 0 Å². The van der Waals surface area contributed by atoms with Crippen molar-refractivity contribution in [2.24, 2.45) is 0 Å². The number of sulfonamides is 1. The molecule has 8 heteroatoms. The van der Waals surface area contributed by atoms with Crippen LogP contribution in [-0.4, -0.2) is 44.7 Å². The molecule has 1 unspecified atom stereocenters. The van der Waals surface area contributed by atoms with Crippen LogP contribution in [0.1, 0.15) is 13.3 Å². The van der Waals surface area contributed by atoms with Gasteiger partial charge in [0, 0.05) is 14.1 Å². The summed E-state index contributed by atoms with van der Waals surface area (Å²) in [6.45, 7) is 1.86. The number of anilines is 1. The molecule has 0 aliphatic rings. The molecule has 118 valence electrons. The SMILES string of the molecule is CCC(Br)C(=O)Nc1cc(S(=O)(=O)N(C)C)ccc1OC. The summed E-state index contributed by atoms with van der Waals surface area (Å²) in [5.41, 5.74) is 0.323. The lowest BCUT2D eigenvalue weighted by molar-refractivity contribution is -0.115. The number of methoxy groups -OCH3 is 1. The molecule has 6 nitrogen and oxygen atoms in total. The number of halogens is 1. The Morgan fingerprint density at radius 2 is 2.05 bits per heavy atom. The number of hydrogen-bond donors (Lipinski definition) is 1. The number of amides is 1. The van der Waals surface area contributed by atoms with Crippen LogP contribution in [0.4, 0.5) is 5.69 Å². The second-order valence-corrected chi connectivity index (χ2v) is 7.77. The van der Waals surface area contributed by atoms with E-state index >= 15 is 0 Å². The summed E-state index contributed by atoms with van der Waals surface area (Å²) >= 11 is 3.25. The third-order valence-electron chi connectivity index (χ3n) is 2.85. The summed E-state index contributed by atoms with van der Waals surface area (Å²) < 4.78 is 30.5. The molecular formula is C13H19BrN2O4S. The van der Waals surface area contributed by atoms with Gasteiger partial charge in [0.25, 0.3) is 0 Å². The number of ether oxygens (including phenoxy) is 1. The van der Waals surface area contributed by atoms with Gasteiger partial charge in [0.1, 0.15) is 5.75 Å². The van der Waals surface area contributed by atoms with Crippen LogP contribution in [0.15, 0.2) is 23.1 Å². The quantitative estimate of drug-likeness (QED) is 0.768. The molecule has 1 amide bonds. The number of hydrogen-bond acceptors (Lipinski definition) is 4. The van der Waals surface area contributed by atoms with Crippen LogP contribution in [0, 0.1) is 0 Å². The van der Waals surface area contributed by atoms with E-state index in [1.807, 2.05) is 6.92 Å². The Morgan fingerprint density at radius 1 is 1.43 bits per heavy atom. The highest BCUT2D eigenvalue weighted by atomic mass is 79.9. The summed E-state index contributed by atoms with van der Waals surface area (Å²) in [6.07, 6.45) is 0.615. The second kappa shape index (κ2) is 7.24. The van der Waals surface area contributed by atoms with E-state index in [4.69, 9.17) is 4.74 Å². The second-order valence-electron chi connectivity index (χ2n) is 4.51. The fourth-order valence-electron chi connectivity index (χ4n) is 1.55. The minimum Gasteiger partial charge on any atom is -0.495 e. The van der Waals surface area contributed by atoms with Gasteiger partial charge in [-0.25, -0.2) is 12.7 Å². The van der Waals surface area contributed by atoms with Crippen LogP contribution in [0.3, 0.4) is 0 Å². The van der Waals surface area contributed by atoms with Crippen LogP contribution in [0.5, 0.6) is 5.75 Å². The van der Waals surface area contributed by atoms with Gasteiger partial charge < -0.3 is 10.1 Å². The molecule has 1 N–H and O–H groups in total. The van der Waals surface area contributed by atoms with Crippen molar-refractivity contribution in [1.29, 1.82) is 0 Å². The zero-order valence-electron chi connectivity index (χ0n) is 12.4. The van der Waals surface area contributed by atoms with Crippen molar-refractivity contribution in [2.75, 3.05) is 26.5 Å². The zero-order chi connectivity index (χ0) is 16.2. The van der Waals surface area contributed by atoms with Crippen LogP contribution in [0.25, 0.3) is 0 Å². The number of carbonyl (C=O) groups is 1. The molecule has 1 rings (SSSR count). The maximum atomic E-state index is 12.1. The van der Waals surface area contributed by atoms with E-state index in [9.17, 15) is 13.2 Å². The lowest BCUT2D eigenvalue weighted by atomic mass is 10.2. The Bertz CT molecular complexity index is 617. The molecule has 1 aromatic rings. The van der Waals surface area contributed by atoms with Crippen molar-refractivity contribution in [3.8, 4) is 5.75 Å². The zero-order valence-corrected chi connectivity index (χ0v) is 14.8. The molecule has 0 aromatic heterocycles. The van der Waals surface area contributed by atoms with E-state index in [2.05, 4.69) is 21.2 Å². The number of benzene rings is 1. The molecule has 0 spiro atoms. The minimum atomic E-state index is -3.57. The highest BCUT2D eigenvalue weighted by Crippen LogP contribution is 2.29. The Morgan fingerprint density at radius 3 is 2.52 bits per heavy atom. The summed E-state index contributed by atoms with van der Waals surface area (Å²) in [6, 6.07) is 4.35. The monoisotopic (exact) mass is 378 g/mol. The van der Waals surface area contributed by atoms with E-state index in [-0.39, 0.29) is 15.6 Å². The first-order chi connectivity index (χ1) is 9.73. The fourth-order valence-corrected chi connectivity index (χ4v) is 2.60. The first-order valence-corrected chi connectivity index (χ1v) is 8.65. The molecular weight excluding hydrogens is 360 g/mol. The molecule has 0 bridgehead atoms. The maximum Gasteiger partial charge on any atom is 0.242 e. The highest BCUT2D eigenvalue weighted by molar-refractivity contribution is 9.10. The third-order valence-corrected chi connectivity index (χ3v) is 5.72. The minimum absolute atomic E-state index is 0.0891. The van der Waals surface area contributed by atoms with E-state index in [0.29, 0.717) is 17.9 Å². The van der Waals surface area contributed by atoms with Crippen LogP contribution >= 0.6 is 15.9 Å². The average Bonchev–Trinajstić information content (AvgIpc) is 2.45. The van der Waals surface area contributed by atoms with Gasteiger partial charge in [-0.1, -0.05) is 22.9 Å². The van der Waals surface area contributed by atoms with Crippen molar-refractivity contribution in [3.63, 3.8) is 0 Å². The van der Waals surface area contributed by atoms with E-state index in [0.717, 1.165) is 4.31 Å². The summed E-state index contributed by atoms with van der Waals surface area (Å²) in [4.78, 5) is 11.7. The molecule has 0 fully saturated rings. The maximum absolute atomic E-state index is 12.1. The number of nitrogens with zero attached hydrogens (tertiary/aromatic N) is 1. The van der Waals surface area contributed by atoms with Gasteiger partial charge in [0.2, 0.25) is 15.9 Å². The summed E-state index contributed by atoms with van der Waals surface area (Å²) in [7, 11) is 0.779. The molecule has 21 heavy (non-hydrogen) atoms. The largest absolute Gasteiger partial charge is 0.495 e. The Labute approximate surface area is 133 Å². The van der Waals surface area contributed by atoms with Gasteiger partial charge in [0.15, 0.2) is 0 Å². The molecule has 0 heterocycles. The van der Waals surface area contributed by atoms with Gasteiger partial charge in [0.05, 0.1) is 22.5 Å². The summed E-state index contributed by atoms with van der Waals surface area (Å²) in [5.74, 6) is 0.145. The third kappa shape index (κ3) is 4.18. The Kier molecular flexibility index (Phi) is 6.18. The predicted octanol–water partition coefficient (Wildman–Crippen LogP) is 2.06. The molecule has 0 aliphatic carbocycles. The number of alkyl halides is 1. The highest BCUT2D eigenvalue weighted by Gasteiger charge is 2.21. The van der Waals surface area contributed by atoms with Crippen LogP contribution < -0.4 is 10.1 Å². The Hall–Kier alpha value is -1.12. The van der Waals surface area contributed by atoms with Gasteiger partial charge in [-0.05, 0) is 24.6 Å². The van der Waals surface area contributed by atoms with Crippen molar-refractivity contribution in [3.05, 3.63) is 18.2 Å². The van der Waals surface area contributed by atoms with Gasteiger partial charge in [-0.15, -0.1) is 0 Å². The smallest absolute Gasteiger partial charge is 0.242 e. The van der Waals surface area contributed by atoms with Gasteiger partial charge >= 0.3 is 0 Å². The molecule has 0 saturated carbocycles. The van der Waals surface area contributed by atoms with E-state index in [1.165, 1.54) is 39.4 Å². The van der Waals surface area contributed by atoms with Crippen molar-refractivity contribution in [2.45, 2.75) is 23.1 Å². The van der Waals surface area contributed by atoms with Gasteiger partial charge in [-0.3, -0.25) is 4.79 Å². The Balaban J connectivity index is 3.22. The number of rotatable bonds is 6. The first-order valence-electron chi connectivity index (χ1n) is 6.29. The van der Waals surface area contributed by atoms with E-state index < -0.39 is 10.0 Å². The molecule has 1 atom stereocenters. The average molecular weight is 379 g/mol. The fraction of sp³-hybridized carbons (Fsp3) is 0.462. The normalized spacial score (nSPS) is 13.0. The number of nitrogens with one attached hydrogen (secondary N) is 1. The lowest BCUT2D eigenvalue weighted by Crippen LogP contribution is -2.24. The molecule has 0 saturated heterocycles.